The van der Waals surface area contributed by atoms with Gasteiger partial charge in [0.2, 0.25) is 5.91 Å². The molecule has 1 aliphatic heterocycles. The number of nitro groups is 1. The average Bonchev–Trinajstić information content (AvgIpc) is 2.99. The maximum Gasteiger partial charge on any atom is 0.282 e. The minimum atomic E-state index is -0.853. The monoisotopic (exact) mass is 360 g/mol. The Labute approximate surface area is 145 Å². The van der Waals surface area contributed by atoms with E-state index in [0.717, 1.165) is 16.6 Å². The molecule has 128 valence electrons. The van der Waals surface area contributed by atoms with Crippen LogP contribution in [0, 0.1) is 24.0 Å². The van der Waals surface area contributed by atoms with Gasteiger partial charge >= 0.3 is 0 Å². The lowest BCUT2D eigenvalue weighted by Crippen LogP contribution is -2.37. The number of nitrogens with one attached hydrogen (secondary N) is 1. The number of carbonyl (C=O) groups excluding carboxylic acids is 3. The Kier molecular flexibility index (Phi) is 4.05. The molecule has 1 aromatic carbocycles. The zero-order valence-corrected chi connectivity index (χ0v) is 14.0. The molecule has 1 N–H and O–H groups in total. The summed E-state index contributed by atoms with van der Waals surface area (Å²) in [4.78, 5) is 52.9. The van der Waals surface area contributed by atoms with Crippen LogP contribution in [-0.2, 0) is 4.79 Å². The van der Waals surface area contributed by atoms with E-state index in [1.54, 1.807) is 6.92 Å². The molecule has 0 fully saturated rings. The van der Waals surface area contributed by atoms with E-state index in [9.17, 15) is 24.5 Å². The topological polar surface area (TPSA) is 123 Å². The summed E-state index contributed by atoms with van der Waals surface area (Å²) < 4.78 is 0. The predicted octanol–water partition coefficient (Wildman–Crippen LogP) is 1.90. The van der Waals surface area contributed by atoms with Gasteiger partial charge in [-0.2, -0.15) is 0 Å². The van der Waals surface area contributed by atoms with E-state index in [1.165, 1.54) is 23.5 Å². The molecule has 2 heterocycles. The number of benzene rings is 1. The normalized spacial score (nSPS) is 13.1. The molecule has 1 aliphatic rings. The minimum absolute atomic E-state index is 0.0760. The number of aryl methyl sites for hydroxylation is 2. The summed E-state index contributed by atoms with van der Waals surface area (Å²) in [7, 11) is 0. The molecule has 3 rings (SSSR count). The first-order valence-electron chi connectivity index (χ1n) is 7.17. The number of hydrogen-bond donors (Lipinski definition) is 1. The summed E-state index contributed by atoms with van der Waals surface area (Å²) in [5.41, 5.74) is -0.0410. The van der Waals surface area contributed by atoms with E-state index < -0.39 is 34.9 Å². The van der Waals surface area contributed by atoms with E-state index in [1.807, 2.05) is 6.92 Å². The third kappa shape index (κ3) is 2.87. The van der Waals surface area contributed by atoms with Gasteiger partial charge in [0, 0.05) is 10.9 Å². The van der Waals surface area contributed by atoms with E-state index >= 15 is 0 Å². The van der Waals surface area contributed by atoms with E-state index in [-0.39, 0.29) is 11.1 Å². The van der Waals surface area contributed by atoms with Gasteiger partial charge in [0.25, 0.3) is 17.5 Å². The Balaban J connectivity index is 1.81. The van der Waals surface area contributed by atoms with Gasteiger partial charge in [-0.25, -0.2) is 4.98 Å². The molecule has 0 radical (unpaired) electrons. The smallest absolute Gasteiger partial charge is 0.282 e. The zero-order valence-electron chi connectivity index (χ0n) is 13.2. The highest BCUT2D eigenvalue weighted by Crippen LogP contribution is 2.30. The summed E-state index contributed by atoms with van der Waals surface area (Å²) in [6.07, 6.45) is 0. The lowest BCUT2D eigenvalue weighted by atomic mass is 10.1. The average molecular weight is 360 g/mol. The first-order valence-corrected chi connectivity index (χ1v) is 7.98. The highest BCUT2D eigenvalue weighted by molar-refractivity contribution is 7.15. The number of carbonyl (C=O) groups is 3. The molecular formula is C15H12N4O5S. The standard InChI is InChI=1S/C15H12N4O5S/c1-7-8(2)25-15(16-7)17-11(20)6-18-13(21)9-4-3-5-10(19(23)24)12(9)14(18)22/h3-5H,6H2,1-2H3,(H,16,17,20). The fraction of sp³-hybridized carbons (Fsp3) is 0.200. The molecule has 25 heavy (non-hydrogen) atoms. The van der Waals surface area contributed by atoms with Crippen molar-refractivity contribution in [1.82, 2.24) is 9.88 Å². The van der Waals surface area contributed by atoms with Crippen LogP contribution in [0.5, 0.6) is 0 Å². The molecule has 0 bridgehead atoms. The van der Waals surface area contributed by atoms with Crippen LogP contribution in [-0.4, -0.2) is 39.1 Å². The summed E-state index contributed by atoms with van der Waals surface area (Å²) in [6, 6.07) is 3.80. The second-order valence-corrected chi connectivity index (χ2v) is 6.57. The van der Waals surface area contributed by atoms with Crippen molar-refractivity contribution in [2.45, 2.75) is 13.8 Å². The van der Waals surface area contributed by atoms with Gasteiger partial charge in [0.15, 0.2) is 5.13 Å². The fourth-order valence-corrected chi connectivity index (χ4v) is 3.27. The quantitative estimate of drug-likeness (QED) is 0.505. The van der Waals surface area contributed by atoms with Gasteiger partial charge in [-0.15, -0.1) is 11.3 Å². The first-order chi connectivity index (χ1) is 11.8. The lowest BCUT2D eigenvalue weighted by Gasteiger charge is -2.12. The number of thiazole rings is 1. The molecule has 0 saturated heterocycles. The SMILES string of the molecule is Cc1nc(NC(=O)CN2C(=O)c3cccc([N+](=O)[O-])c3C2=O)sc1C. The van der Waals surface area contributed by atoms with E-state index in [0.29, 0.717) is 10.0 Å². The summed E-state index contributed by atoms with van der Waals surface area (Å²) in [6.45, 7) is 3.11. The second kappa shape index (κ2) is 6.06. The summed E-state index contributed by atoms with van der Waals surface area (Å²) in [5.74, 6) is -2.19. The van der Waals surface area contributed by atoms with Crippen molar-refractivity contribution in [2.24, 2.45) is 0 Å². The maximum absolute atomic E-state index is 12.4. The minimum Gasteiger partial charge on any atom is -0.300 e. The first kappa shape index (κ1) is 16.7. The molecule has 0 unspecified atom stereocenters. The van der Waals surface area contributed by atoms with E-state index in [4.69, 9.17) is 0 Å². The van der Waals surface area contributed by atoms with Crippen LogP contribution in [0.15, 0.2) is 18.2 Å². The van der Waals surface area contributed by atoms with Crippen molar-refractivity contribution >= 4 is 39.9 Å². The number of rotatable bonds is 4. The van der Waals surface area contributed by atoms with Crippen LogP contribution < -0.4 is 5.32 Å². The molecule has 9 nitrogen and oxygen atoms in total. The molecule has 3 amide bonds. The molecule has 2 aromatic rings. The van der Waals surface area contributed by atoms with Crippen molar-refractivity contribution in [1.29, 1.82) is 0 Å². The molecule has 0 atom stereocenters. The highest BCUT2D eigenvalue weighted by Gasteiger charge is 2.41. The Morgan fingerprint density at radius 1 is 1.32 bits per heavy atom. The van der Waals surface area contributed by atoms with Crippen molar-refractivity contribution in [3.63, 3.8) is 0 Å². The van der Waals surface area contributed by atoms with Gasteiger partial charge < -0.3 is 5.32 Å². The lowest BCUT2D eigenvalue weighted by molar-refractivity contribution is -0.385. The van der Waals surface area contributed by atoms with Crippen LogP contribution >= 0.6 is 11.3 Å². The predicted molar refractivity (Wildman–Crippen MR) is 88.7 cm³/mol. The summed E-state index contributed by atoms with van der Waals surface area (Å²) in [5, 5.41) is 13.9. The van der Waals surface area contributed by atoms with Crippen molar-refractivity contribution < 1.29 is 19.3 Å². The molecule has 10 heteroatoms. The summed E-state index contributed by atoms with van der Waals surface area (Å²) >= 11 is 1.28. The highest BCUT2D eigenvalue weighted by atomic mass is 32.1. The van der Waals surface area contributed by atoms with Crippen LogP contribution in [0.3, 0.4) is 0 Å². The third-order valence-corrected chi connectivity index (χ3v) is 4.74. The second-order valence-electron chi connectivity index (χ2n) is 5.36. The van der Waals surface area contributed by atoms with Gasteiger partial charge in [-0.05, 0) is 19.9 Å². The Morgan fingerprint density at radius 3 is 2.64 bits per heavy atom. The number of nitrogens with zero attached hydrogens (tertiary/aromatic N) is 3. The van der Waals surface area contributed by atoms with Crippen LogP contribution in [0.2, 0.25) is 0 Å². The largest absolute Gasteiger partial charge is 0.300 e. The van der Waals surface area contributed by atoms with Crippen LogP contribution in [0.4, 0.5) is 10.8 Å². The van der Waals surface area contributed by atoms with Gasteiger partial charge in [0.05, 0.1) is 16.2 Å². The molecule has 1 aromatic heterocycles. The third-order valence-electron chi connectivity index (χ3n) is 3.75. The Hall–Kier alpha value is -3.14. The number of nitro benzene ring substituents is 1. The maximum atomic E-state index is 12.4. The molecule has 0 saturated carbocycles. The molecular weight excluding hydrogens is 348 g/mol. The number of fused-ring (bicyclic) bond motifs is 1. The Bertz CT molecular complexity index is 916. The van der Waals surface area contributed by atoms with Crippen molar-refractivity contribution in [2.75, 3.05) is 11.9 Å². The van der Waals surface area contributed by atoms with Gasteiger partial charge in [0.1, 0.15) is 12.1 Å². The molecule has 0 aliphatic carbocycles. The van der Waals surface area contributed by atoms with Crippen LogP contribution in [0.25, 0.3) is 0 Å². The number of imide groups is 1. The van der Waals surface area contributed by atoms with E-state index in [2.05, 4.69) is 10.3 Å². The zero-order chi connectivity index (χ0) is 18.3. The number of hydrogen-bond acceptors (Lipinski definition) is 7. The number of anilines is 1. The number of aromatic nitrogens is 1. The van der Waals surface area contributed by atoms with Gasteiger partial charge in [-0.1, -0.05) is 6.07 Å². The van der Waals surface area contributed by atoms with Crippen molar-refractivity contribution in [3.05, 3.63) is 50.0 Å². The van der Waals surface area contributed by atoms with Gasteiger partial charge in [-0.3, -0.25) is 29.4 Å². The molecule has 0 spiro atoms. The Morgan fingerprint density at radius 2 is 2.04 bits per heavy atom. The van der Waals surface area contributed by atoms with Crippen molar-refractivity contribution in [3.8, 4) is 0 Å². The van der Waals surface area contributed by atoms with Crippen LogP contribution in [0.1, 0.15) is 31.3 Å². The number of amides is 3. The fourth-order valence-electron chi connectivity index (χ4n) is 2.44.